The summed E-state index contributed by atoms with van der Waals surface area (Å²) >= 11 is 0. The van der Waals surface area contributed by atoms with Crippen LogP contribution in [0, 0.1) is 0 Å². The Labute approximate surface area is 225 Å². The molecule has 202 valence electrons. The van der Waals surface area contributed by atoms with E-state index >= 15 is 0 Å². The molecule has 0 bridgehead atoms. The Morgan fingerprint density at radius 1 is 0.949 bits per heavy atom. The molecule has 6 rings (SSSR count). The van der Waals surface area contributed by atoms with Crippen molar-refractivity contribution in [3.63, 3.8) is 0 Å². The lowest BCUT2D eigenvalue weighted by Gasteiger charge is -2.34. The monoisotopic (exact) mass is 529 g/mol. The van der Waals surface area contributed by atoms with E-state index in [1.54, 1.807) is 18.6 Å². The summed E-state index contributed by atoms with van der Waals surface area (Å²) in [5, 5.41) is 21.6. The fourth-order valence-electron chi connectivity index (χ4n) is 4.67. The van der Waals surface area contributed by atoms with Crippen LogP contribution in [0.1, 0.15) is 17.2 Å². The van der Waals surface area contributed by atoms with Gasteiger partial charge in [0.05, 0.1) is 31.1 Å². The summed E-state index contributed by atoms with van der Waals surface area (Å²) in [5.41, 5.74) is 2.28. The van der Waals surface area contributed by atoms with E-state index in [4.69, 9.17) is 4.74 Å². The van der Waals surface area contributed by atoms with Crippen LogP contribution in [-0.2, 0) is 11.3 Å². The zero-order valence-electron chi connectivity index (χ0n) is 21.5. The number of anilines is 4. The van der Waals surface area contributed by atoms with Gasteiger partial charge in [-0.15, -0.1) is 0 Å². The second-order valence-electron chi connectivity index (χ2n) is 9.49. The highest BCUT2D eigenvalue weighted by atomic mass is 16.5. The molecule has 13 heteroatoms. The molecule has 0 aliphatic carbocycles. The van der Waals surface area contributed by atoms with Gasteiger partial charge < -0.3 is 30.3 Å². The van der Waals surface area contributed by atoms with Crippen LogP contribution in [0.3, 0.4) is 0 Å². The molecule has 2 saturated heterocycles. The van der Waals surface area contributed by atoms with Crippen LogP contribution in [0.4, 0.5) is 23.5 Å². The molecule has 13 nitrogen and oxygen atoms in total. The first kappa shape index (κ1) is 25.1. The second kappa shape index (κ2) is 11.7. The molecular weight excluding hydrogens is 498 g/mol. The summed E-state index contributed by atoms with van der Waals surface area (Å²) in [6, 6.07) is 9.50. The fraction of sp³-hybridized carbons (Fsp3) is 0.385. The number of aliphatic hydroxyl groups excluding tert-OH is 1. The molecule has 2 atom stereocenters. The van der Waals surface area contributed by atoms with Gasteiger partial charge in [0.15, 0.2) is 0 Å². The number of hydrogen-bond acceptors (Lipinski definition) is 12. The lowest BCUT2D eigenvalue weighted by atomic mass is 10.0. The molecule has 0 saturated carbocycles. The van der Waals surface area contributed by atoms with Crippen molar-refractivity contribution in [2.24, 2.45) is 0 Å². The van der Waals surface area contributed by atoms with Gasteiger partial charge in [0.1, 0.15) is 12.4 Å². The van der Waals surface area contributed by atoms with E-state index in [2.05, 4.69) is 50.5 Å². The number of rotatable bonds is 8. The molecule has 1 unspecified atom stereocenters. The van der Waals surface area contributed by atoms with Gasteiger partial charge in [-0.3, -0.25) is 4.68 Å². The van der Waals surface area contributed by atoms with E-state index in [-0.39, 0.29) is 6.10 Å². The second-order valence-corrected chi connectivity index (χ2v) is 9.49. The van der Waals surface area contributed by atoms with Crippen LogP contribution in [0.15, 0.2) is 61.4 Å². The van der Waals surface area contributed by atoms with E-state index < -0.39 is 6.10 Å². The van der Waals surface area contributed by atoms with E-state index in [0.717, 1.165) is 44.0 Å². The molecule has 5 heterocycles. The van der Waals surface area contributed by atoms with Gasteiger partial charge in [0.2, 0.25) is 17.8 Å². The molecule has 3 N–H and O–H groups in total. The summed E-state index contributed by atoms with van der Waals surface area (Å²) in [6.07, 6.45) is 7.93. The Balaban J connectivity index is 1.03. The van der Waals surface area contributed by atoms with E-state index in [0.29, 0.717) is 43.0 Å². The highest BCUT2D eigenvalue weighted by molar-refractivity contribution is 5.51. The third-order valence-corrected chi connectivity index (χ3v) is 6.78. The Hall–Kier alpha value is -4.20. The Morgan fingerprint density at radius 2 is 1.72 bits per heavy atom. The molecule has 39 heavy (non-hydrogen) atoms. The first-order valence-corrected chi connectivity index (χ1v) is 13.1. The van der Waals surface area contributed by atoms with E-state index in [1.165, 1.54) is 6.33 Å². The van der Waals surface area contributed by atoms with E-state index in [1.807, 2.05) is 41.2 Å². The normalized spacial score (nSPS) is 18.6. The number of aromatic nitrogens is 7. The Morgan fingerprint density at radius 3 is 2.46 bits per heavy atom. The van der Waals surface area contributed by atoms with Crippen LogP contribution in [0.25, 0.3) is 0 Å². The minimum atomic E-state index is -0.749. The molecular formula is C26H31N11O2. The Bertz CT molecular complexity index is 1340. The van der Waals surface area contributed by atoms with E-state index in [9.17, 15) is 5.11 Å². The fourth-order valence-corrected chi connectivity index (χ4v) is 4.67. The SMILES string of the molecule is OC(c1ccccc1)c1cnc(N2CCN(c3ncnc(Nc4cnn(C[C@@H]5CNCCO5)c4)n3)CC2)nc1. The van der Waals surface area contributed by atoms with Crippen LogP contribution < -0.4 is 20.4 Å². The number of aliphatic hydroxyl groups is 1. The topological polar surface area (TPSA) is 142 Å². The predicted molar refractivity (Wildman–Crippen MR) is 145 cm³/mol. The van der Waals surface area contributed by atoms with Crippen molar-refractivity contribution < 1.29 is 9.84 Å². The standard InChI is InChI=1S/C26H31N11O2/c38-23(19-4-2-1-3-5-19)20-12-28-25(29-13-20)35-7-9-36(10-8-35)26-31-18-30-24(34-26)33-21-14-32-37(16-21)17-22-15-27-6-11-39-22/h1-5,12-14,16,18,22-23,27,38H,6-11,15,17H2,(H,30,31,33,34)/t22-,23?/m0/s1. The quantitative estimate of drug-likeness (QED) is 0.300. The van der Waals surface area contributed by atoms with Crippen molar-refractivity contribution in [1.29, 1.82) is 0 Å². The lowest BCUT2D eigenvalue weighted by Crippen LogP contribution is -2.47. The van der Waals surface area contributed by atoms with Crippen molar-refractivity contribution >= 4 is 23.5 Å². The van der Waals surface area contributed by atoms with Crippen LogP contribution in [-0.4, -0.2) is 91.8 Å². The van der Waals surface area contributed by atoms with Crippen molar-refractivity contribution in [3.05, 3.63) is 72.6 Å². The van der Waals surface area contributed by atoms with Crippen LogP contribution in [0.2, 0.25) is 0 Å². The lowest BCUT2D eigenvalue weighted by molar-refractivity contribution is 0.0161. The minimum Gasteiger partial charge on any atom is -0.384 e. The van der Waals surface area contributed by atoms with Gasteiger partial charge in [0, 0.05) is 63.4 Å². The maximum Gasteiger partial charge on any atom is 0.232 e. The molecule has 0 amide bonds. The maximum absolute atomic E-state index is 10.6. The summed E-state index contributed by atoms with van der Waals surface area (Å²) in [4.78, 5) is 26.5. The van der Waals surface area contributed by atoms with Crippen molar-refractivity contribution in [2.45, 2.75) is 18.8 Å². The summed E-state index contributed by atoms with van der Waals surface area (Å²) in [5.74, 6) is 1.72. The minimum absolute atomic E-state index is 0.109. The van der Waals surface area contributed by atoms with Crippen LogP contribution in [0.5, 0.6) is 0 Å². The molecule has 4 aromatic rings. The van der Waals surface area contributed by atoms with Crippen molar-refractivity contribution in [2.75, 3.05) is 61.0 Å². The molecule has 2 aliphatic heterocycles. The third kappa shape index (κ3) is 6.11. The van der Waals surface area contributed by atoms with Crippen LogP contribution >= 0.6 is 0 Å². The number of nitrogens with zero attached hydrogens (tertiary/aromatic N) is 9. The van der Waals surface area contributed by atoms with Gasteiger partial charge >= 0.3 is 0 Å². The van der Waals surface area contributed by atoms with Gasteiger partial charge in [0.25, 0.3) is 0 Å². The van der Waals surface area contributed by atoms with Gasteiger partial charge in [-0.05, 0) is 5.56 Å². The first-order valence-electron chi connectivity index (χ1n) is 13.1. The predicted octanol–water partition coefficient (Wildman–Crippen LogP) is 0.998. The summed E-state index contributed by atoms with van der Waals surface area (Å²) in [7, 11) is 0. The molecule has 1 aromatic carbocycles. The average Bonchev–Trinajstić information content (AvgIpc) is 3.44. The smallest absolute Gasteiger partial charge is 0.232 e. The van der Waals surface area contributed by atoms with Crippen molar-refractivity contribution in [1.82, 2.24) is 40.0 Å². The van der Waals surface area contributed by atoms with Gasteiger partial charge in [-0.1, -0.05) is 30.3 Å². The molecule has 2 aliphatic rings. The van der Waals surface area contributed by atoms with Crippen molar-refractivity contribution in [3.8, 4) is 0 Å². The number of nitrogens with one attached hydrogen (secondary N) is 2. The molecule has 0 radical (unpaired) electrons. The molecule has 3 aromatic heterocycles. The number of hydrogen-bond donors (Lipinski definition) is 3. The number of piperazine rings is 1. The van der Waals surface area contributed by atoms with Gasteiger partial charge in [-0.25, -0.2) is 19.9 Å². The highest BCUT2D eigenvalue weighted by Gasteiger charge is 2.22. The number of morpholine rings is 1. The summed E-state index contributed by atoms with van der Waals surface area (Å²) in [6.45, 7) is 5.99. The number of ether oxygens (including phenoxy) is 1. The highest BCUT2D eigenvalue weighted by Crippen LogP contribution is 2.22. The molecule has 2 fully saturated rings. The molecule has 0 spiro atoms. The largest absolute Gasteiger partial charge is 0.384 e. The number of benzene rings is 1. The average molecular weight is 530 g/mol. The first-order chi connectivity index (χ1) is 19.2. The zero-order chi connectivity index (χ0) is 26.4. The Kier molecular flexibility index (Phi) is 7.52. The maximum atomic E-state index is 10.6. The zero-order valence-corrected chi connectivity index (χ0v) is 21.5. The third-order valence-electron chi connectivity index (χ3n) is 6.78. The van der Waals surface area contributed by atoms with Gasteiger partial charge in [-0.2, -0.15) is 10.1 Å². The summed E-state index contributed by atoms with van der Waals surface area (Å²) < 4.78 is 7.62.